The number of nitrogens with one attached hydrogen (secondary N) is 1. The van der Waals surface area contributed by atoms with E-state index in [1.807, 2.05) is 0 Å². The first-order valence-corrected chi connectivity index (χ1v) is 20.4. The van der Waals surface area contributed by atoms with Crippen LogP contribution in [0, 0.1) is 6.08 Å². The van der Waals surface area contributed by atoms with Gasteiger partial charge in [-0.2, -0.15) is 38.0 Å². The Balaban J connectivity index is 0.00000841. The van der Waals surface area contributed by atoms with Gasteiger partial charge in [-0.1, -0.05) is 0 Å². The molecule has 33 heteroatoms. The zero-order valence-electron chi connectivity index (χ0n) is 31.1. The number of amidine groups is 1. The maximum atomic E-state index is 14.4. The molecule has 0 radical (unpaired) electrons. The molecule has 0 amide bonds. The number of halogens is 1. The summed E-state index contributed by atoms with van der Waals surface area (Å²) in [6, 6.07) is 9.69. The van der Waals surface area contributed by atoms with E-state index in [1.54, 1.807) is 0 Å². The molecule has 59 heavy (non-hydrogen) atoms. The zero-order valence-corrected chi connectivity index (χ0v) is 42.3. The maximum Gasteiger partial charge on any atom is 1.00 e. The molecule has 0 bridgehead atoms. The molecular weight excluding hydrogens is 914 g/mol. The van der Waals surface area contributed by atoms with E-state index in [0.29, 0.717) is 0 Å². The quantitative estimate of drug-likeness (QED) is 0.0309. The van der Waals surface area contributed by atoms with Gasteiger partial charge in [0.15, 0.2) is 0 Å². The van der Waals surface area contributed by atoms with E-state index in [4.69, 9.17) is 5.73 Å². The molecule has 0 atom stereocenters. The Morgan fingerprint density at radius 3 is 1.76 bits per heavy atom. The number of nitrogens with two attached hydrogens (primary N) is 1. The number of aliphatic imine (C=N–C) groups is 1. The van der Waals surface area contributed by atoms with E-state index in [0.717, 1.165) is 53.4 Å². The van der Waals surface area contributed by atoms with E-state index >= 15 is 0 Å². The van der Waals surface area contributed by atoms with Gasteiger partial charge < -0.3 is 34.7 Å². The van der Waals surface area contributed by atoms with Crippen molar-refractivity contribution in [3.05, 3.63) is 66.7 Å². The van der Waals surface area contributed by atoms with Crippen LogP contribution in [0.15, 0.2) is 95.9 Å². The average Bonchev–Trinajstić information content (AvgIpc) is 3.05. The van der Waals surface area contributed by atoms with Crippen molar-refractivity contribution in [3.8, 4) is 0 Å². The summed E-state index contributed by atoms with van der Waals surface area (Å²) >= 11 is 0. The second-order valence-corrected chi connectivity index (χ2v) is 16.3. The van der Waals surface area contributed by atoms with Gasteiger partial charge in [-0.3, -0.25) is 4.55 Å². The van der Waals surface area contributed by atoms with Crippen LogP contribution < -0.4 is 139 Å². The third kappa shape index (κ3) is 19.5. The van der Waals surface area contributed by atoms with Crippen LogP contribution in [0.1, 0.15) is 0 Å². The van der Waals surface area contributed by atoms with Crippen LogP contribution in [0.3, 0.4) is 0 Å². The summed E-state index contributed by atoms with van der Waals surface area (Å²) in [6.07, 6.45) is -1.46. The summed E-state index contributed by atoms with van der Waals surface area (Å²) < 4.78 is 149. The topological polar surface area (TPSA) is 391 Å². The molecule has 294 valence electrons. The number of aromatic nitrogens is 3. The van der Waals surface area contributed by atoms with Gasteiger partial charge >= 0.3 is 124 Å². The Hall–Kier alpha value is -1.69. The average molecular weight is 936 g/mol. The van der Waals surface area contributed by atoms with Gasteiger partial charge in [0.1, 0.15) is 26.4 Å². The fourth-order valence-corrected chi connectivity index (χ4v) is 6.07. The minimum absolute atomic E-state index is 0. The molecule has 4 rings (SSSR count). The van der Waals surface area contributed by atoms with Gasteiger partial charge in [-0.05, 0) is 60.7 Å². The van der Waals surface area contributed by atoms with Crippen molar-refractivity contribution in [2.24, 2.45) is 31.2 Å². The fraction of sp³-hybridized carbons (Fsp3) is 0.154. The molecule has 0 aliphatic heterocycles. The second-order valence-electron chi connectivity index (χ2n) is 10.5. The van der Waals surface area contributed by atoms with Crippen LogP contribution in [0.2, 0.25) is 0 Å². The molecule has 4 N–H and O–H groups in total. The molecule has 0 unspecified atom stereocenters. The molecule has 0 saturated heterocycles. The minimum atomic E-state index is -4.98. The third-order valence-corrected chi connectivity index (χ3v) is 9.55. The van der Waals surface area contributed by atoms with Crippen LogP contribution in [0.25, 0.3) is 0 Å². The predicted molar refractivity (Wildman–Crippen MR) is 181 cm³/mol. The first-order chi connectivity index (χ1) is 25.4. The minimum Gasteiger partial charge on any atom is -0.846 e. The molecule has 24 nitrogen and oxygen atoms in total. The van der Waals surface area contributed by atoms with Crippen LogP contribution >= 0.6 is 0 Å². The van der Waals surface area contributed by atoms with Crippen LogP contribution in [-0.2, 0) is 40.5 Å². The molecule has 0 aliphatic carbocycles. The Kier molecular flexibility index (Phi) is 23.5. The molecule has 0 spiro atoms. The van der Waals surface area contributed by atoms with E-state index in [2.05, 4.69) is 45.7 Å². The van der Waals surface area contributed by atoms with E-state index < -0.39 is 105 Å². The smallest absolute Gasteiger partial charge is 0.846 e. The maximum absolute atomic E-state index is 14.4. The van der Waals surface area contributed by atoms with Gasteiger partial charge in [0.05, 0.1) is 59.7 Å². The van der Waals surface area contributed by atoms with E-state index in [9.17, 15) is 61.4 Å². The molecular formula is C26H22FN11Na4O13S4. The van der Waals surface area contributed by atoms with Crippen molar-refractivity contribution in [2.75, 3.05) is 34.8 Å². The van der Waals surface area contributed by atoms with Crippen molar-refractivity contribution < 1.29 is 180 Å². The van der Waals surface area contributed by atoms with Crippen molar-refractivity contribution in [1.29, 1.82) is 0 Å². The molecule has 0 saturated carbocycles. The number of azo groups is 2. The normalized spacial score (nSPS) is 12.2. The van der Waals surface area contributed by atoms with Gasteiger partial charge in [0.25, 0.3) is 10.1 Å². The molecule has 1 heterocycles. The van der Waals surface area contributed by atoms with E-state index in [1.165, 1.54) is 12.1 Å². The Labute approximate surface area is 424 Å². The van der Waals surface area contributed by atoms with Gasteiger partial charge in [-0.15, -0.1) is 10.2 Å². The fourth-order valence-electron chi connectivity index (χ4n) is 4.07. The Morgan fingerprint density at radius 2 is 1.24 bits per heavy atom. The largest absolute Gasteiger partial charge is 1.00 e. The summed E-state index contributed by atoms with van der Waals surface area (Å²) in [7, 11) is -19.4. The summed E-state index contributed by atoms with van der Waals surface area (Å²) in [6.45, 7) is -1.46. The van der Waals surface area contributed by atoms with Gasteiger partial charge in [0, 0.05) is 18.8 Å². The Morgan fingerprint density at radius 1 is 0.712 bits per heavy atom. The molecule has 0 fully saturated rings. The summed E-state index contributed by atoms with van der Waals surface area (Å²) in [5.74, 6) is -3.42. The molecule has 4 aromatic rings. The van der Waals surface area contributed by atoms with Crippen molar-refractivity contribution in [2.45, 2.75) is 9.79 Å². The number of rotatable bonds is 16. The van der Waals surface area contributed by atoms with Gasteiger partial charge in [-0.25, -0.2) is 30.2 Å². The summed E-state index contributed by atoms with van der Waals surface area (Å²) in [5, 5.41) is 29.5. The van der Waals surface area contributed by atoms with Crippen molar-refractivity contribution in [1.82, 2.24) is 15.0 Å². The van der Waals surface area contributed by atoms with Crippen molar-refractivity contribution in [3.63, 3.8) is 0 Å². The molecule has 3 aromatic carbocycles. The first kappa shape index (κ1) is 57.3. The number of nitrogens with zero attached hydrogens (tertiary/aromatic N) is 9. The van der Waals surface area contributed by atoms with Crippen LogP contribution in [0.4, 0.5) is 50.4 Å². The Bertz CT molecular complexity index is 2610. The number of benzene rings is 3. The SMILES string of the molecule is NC([O-])=Nc1cc(Nc2nc(F)nc(N(CCS(=O)(=O)[O-])CCS(=O)(=O)[O-])n2)ccc1N=Nc1ccc(N=Nc2ccc(S(=O)(=O)[O-])cc2)cc1S(=O)(=O)O.[Na+].[Na+].[Na+].[Na+]. The number of hydrogen-bond acceptors (Lipinski definition) is 22. The molecule has 1 aromatic heterocycles. The summed E-state index contributed by atoms with van der Waals surface area (Å²) in [4.78, 5) is 13.7. The first-order valence-electron chi connectivity index (χ1n) is 14.4. The number of anilines is 3. The zero-order chi connectivity index (χ0) is 40.8. The van der Waals surface area contributed by atoms with Crippen LogP contribution in [0.5, 0.6) is 0 Å². The van der Waals surface area contributed by atoms with Gasteiger partial charge in [0.2, 0.25) is 11.9 Å². The standard InChI is InChI=1S/C26H26FN11O13S4.4Na/c27-23-31-25(33-26(32-23)38(9-11-52(40,41)42)10-12-53(43,44)45)29-16-3-7-19(21(13-16)30-24(28)39)36-37-20-8-4-17(14-22(20)55(49,50)51)35-34-15-1-5-18(6-2-15)54(46,47)48;;;;/h1-8,13-14H,9-12H2,(H3,28,30,39)(H,40,41,42)(H,43,44,45)(H,46,47,48)(H,49,50,51)(H,29,31,32,33);;;;/q;4*+1/p-4. The second kappa shape index (κ2) is 24.2. The third-order valence-electron chi connectivity index (χ3n) is 6.46. The number of hydrogen-bond donors (Lipinski definition) is 3. The summed E-state index contributed by atoms with van der Waals surface area (Å²) in [5.41, 5.74) is 4.15. The van der Waals surface area contributed by atoms with E-state index in [-0.39, 0.29) is 147 Å². The predicted octanol–water partition coefficient (Wildman–Crippen LogP) is -11.0. The van der Waals surface area contributed by atoms with Crippen LogP contribution in [-0.4, -0.2) is 97.5 Å². The van der Waals surface area contributed by atoms with Crippen molar-refractivity contribution >= 4 is 92.5 Å². The molecule has 0 aliphatic rings. The monoisotopic (exact) mass is 935 g/mol.